The van der Waals surface area contributed by atoms with Gasteiger partial charge in [0.1, 0.15) is 5.01 Å². The number of benzene rings is 3. The number of carbonyl (C=O) groups excluding carboxylic acids is 1. The first kappa shape index (κ1) is 19.1. The van der Waals surface area contributed by atoms with Crippen LogP contribution >= 0.6 is 68.1 Å². The maximum absolute atomic E-state index is 12.8. The highest BCUT2D eigenvalue weighted by Crippen LogP contribution is 2.36. The van der Waals surface area contributed by atoms with Gasteiger partial charge in [0.15, 0.2) is 0 Å². The molecule has 0 atom stereocenters. The third kappa shape index (κ3) is 4.13. The third-order valence-corrected chi connectivity index (χ3v) is 6.67. The molecular weight excluding hydrogens is 606 g/mol. The number of anilines is 1. The second-order valence-corrected chi connectivity index (χ2v) is 9.68. The van der Waals surface area contributed by atoms with Gasteiger partial charge >= 0.3 is 0 Å². The quantitative estimate of drug-likeness (QED) is 0.250. The lowest BCUT2D eigenvalue weighted by atomic mass is 10.1. The SMILES string of the molecule is O=C(Nc1ccc(I)cc1-c1nc2ccccc2s1)c1cc(I)ccc1Cl. The van der Waals surface area contributed by atoms with E-state index in [0.717, 1.165) is 33.6 Å². The van der Waals surface area contributed by atoms with Gasteiger partial charge in [0.25, 0.3) is 5.91 Å². The van der Waals surface area contributed by atoms with E-state index in [1.165, 1.54) is 0 Å². The van der Waals surface area contributed by atoms with Gasteiger partial charge in [-0.2, -0.15) is 0 Å². The molecule has 3 nitrogen and oxygen atoms in total. The molecule has 0 saturated heterocycles. The van der Waals surface area contributed by atoms with Crippen molar-refractivity contribution in [3.63, 3.8) is 0 Å². The molecule has 1 amide bonds. The second kappa shape index (κ2) is 8.02. The molecule has 134 valence electrons. The van der Waals surface area contributed by atoms with Crippen molar-refractivity contribution in [2.45, 2.75) is 0 Å². The Morgan fingerprint density at radius 3 is 2.56 bits per heavy atom. The van der Waals surface area contributed by atoms with E-state index in [4.69, 9.17) is 16.6 Å². The van der Waals surface area contributed by atoms with E-state index < -0.39 is 0 Å². The average Bonchev–Trinajstić information content (AvgIpc) is 3.09. The lowest BCUT2D eigenvalue weighted by Crippen LogP contribution is -2.13. The summed E-state index contributed by atoms with van der Waals surface area (Å²) in [5, 5.41) is 4.31. The zero-order chi connectivity index (χ0) is 19.0. The summed E-state index contributed by atoms with van der Waals surface area (Å²) in [4.78, 5) is 17.5. The minimum absolute atomic E-state index is 0.234. The summed E-state index contributed by atoms with van der Waals surface area (Å²) >= 11 is 12.3. The molecule has 1 heterocycles. The van der Waals surface area contributed by atoms with Crippen LogP contribution < -0.4 is 5.32 Å². The van der Waals surface area contributed by atoms with Crippen molar-refractivity contribution in [3.05, 3.63) is 78.4 Å². The van der Waals surface area contributed by atoms with Gasteiger partial charge in [0.05, 0.1) is 26.5 Å². The minimum atomic E-state index is -0.234. The number of carbonyl (C=O) groups is 1. The maximum atomic E-state index is 12.8. The number of hydrogen-bond acceptors (Lipinski definition) is 3. The van der Waals surface area contributed by atoms with Crippen LogP contribution in [0.3, 0.4) is 0 Å². The number of hydrogen-bond donors (Lipinski definition) is 1. The van der Waals surface area contributed by atoms with E-state index >= 15 is 0 Å². The van der Waals surface area contributed by atoms with Gasteiger partial charge in [-0.25, -0.2) is 4.98 Å². The molecule has 0 fully saturated rings. The van der Waals surface area contributed by atoms with Crippen LogP contribution in [0.25, 0.3) is 20.8 Å². The lowest BCUT2D eigenvalue weighted by molar-refractivity contribution is 0.102. The predicted molar refractivity (Wildman–Crippen MR) is 130 cm³/mol. The standard InChI is InChI=1S/C20H11ClI2N2OS/c21-15-7-5-11(22)9-13(15)19(26)24-16-8-6-12(23)10-14(16)20-25-17-3-1-2-4-18(17)27-20/h1-10H,(H,24,26). The topological polar surface area (TPSA) is 42.0 Å². The van der Waals surface area contributed by atoms with Crippen LogP contribution in [0, 0.1) is 7.14 Å². The van der Waals surface area contributed by atoms with E-state index in [1.54, 1.807) is 23.5 Å². The van der Waals surface area contributed by atoms with Crippen molar-refractivity contribution in [1.29, 1.82) is 0 Å². The van der Waals surface area contributed by atoms with Gasteiger partial charge in [-0.15, -0.1) is 11.3 Å². The number of fused-ring (bicyclic) bond motifs is 1. The fraction of sp³-hybridized carbons (Fsp3) is 0. The van der Waals surface area contributed by atoms with Crippen molar-refractivity contribution in [3.8, 4) is 10.6 Å². The Labute approximate surface area is 192 Å². The number of nitrogens with one attached hydrogen (secondary N) is 1. The third-order valence-electron chi connectivity index (χ3n) is 3.93. The molecule has 0 aliphatic rings. The van der Waals surface area contributed by atoms with Crippen molar-refractivity contribution in [1.82, 2.24) is 4.98 Å². The van der Waals surface area contributed by atoms with E-state index in [-0.39, 0.29) is 5.91 Å². The Balaban J connectivity index is 1.75. The zero-order valence-corrected chi connectivity index (χ0v) is 19.6. The second-order valence-electron chi connectivity index (χ2n) is 5.75. The Morgan fingerprint density at radius 2 is 1.74 bits per heavy atom. The number of nitrogens with zero attached hydrogens (tertiary/aromatic N) is 1. The highest BCUT2D eigenvalue weighted by molar-refractivity contribution is 14.1. The van der Waals surface area contributed by atoms with Gasteiger partial charge in [-0.3, -0.25) is 4.79 Å². The molecule has 0 aliphatic carbocycles. The molecule has 0 radical (unpaired) electrons. The molecule has 4 aromatic rings. The molecule has 7 heteroatoms. The van der Waals surface area contributed by atoms with E-state index in [0.29, 0.717) is 10.6 Å². The number of aromatic nitrogens is 1. The van der Waals surface area contributed by atoms with Crippen LogP contribution in [-0.4, -0.2) is 10.9 Å². The van der Waals surface area contributed by atoms with Gasteiger partial charge in [0.2, 0.25) is 0 Å². The highest BCUT2D eigenvalue weighted by Gasteiger charge is 2.16. The molecule has 0 saturated carbocycles. The van der Waals surface area contributed by atoms with Gasteiger partial charge in [-0.05, 0) is 93.7 Å². The molecule has 0 bridgehead atoms. The van der Waals surface area contributed by atoms with Crippen LogP contribution in [0.15, 0.2) is 60.7 Å². The molecule has 0 spiro atoms. The Bertz CT molecular complexity index is 1140. The fourth-order valence-corrected chi connectivity index (χ4v) is 4.83. The molecule has 1 N–H and O–H groups in total. The fourth-order valence-electron chi connectivity index (χ4n) is 2.65. The van der Waals surface area contributed by atoms with E-state index in [9.17, 15) is 4.79 Å². The van der Waals surface area contributed by atoms with Crippen LogP contribution in [0.4, 0.5) is 5.69 Å². The number of para-hydroxylation sites is 1. The van der Waals surface area contributed by atoms with Crippen LogP contribution in [0.2, 0.25) is 5.02 Å². The molecule has 0 unspecified atom stereocenters. The Morgan fingerprint density at radius 1 is 1.00 bits per heavy atom. The Hall–Kier alpha value is -1.23. The number of amides is 1. The maximum Gasteiger partial charge on any atom is 0.257 e. The predicted octanol–water partition coefficient (Wildman–Crippen LogP) is 7.08. The van der Waals surface area contributed by atoms with Gasteiger partial charge in [-0.1, -0.05) is 23.7 Å². The molecule has 1 aromatic heterocycles. The summed E-state index contributed by atoms with van der Waals surface area (Å²) in [5.41, 5.74) is 3.03. The normalized spacial score (nSPS) is 10.9. The first-order valence-electron chi connectivity index (χ1n) is 7.93. The zero-order valence-electron chi connectivity index (χ0n) is 13.7. The average molecular weight is 617 g/mol. The largest absolute Gasteiger partial charge is 0.321 e. The molecule has 3 aromatic carbocycles. The van der Waals surface area contributed by atoms with Gasteiger partial charge < -0.3 is 5.32 Å². The van der Waals surface area contributed by atoms with E-state index in [1.807, 2.05) is 48.5 Å². The van der Waals surface area contributed by atoms with Crippen LogP contribution in [-0.2, 0) is 0 Å². The number of halogens is 3. The summed E-state index contributed by atoms with van der Waals surface area (Å²) in [6, 6.07) is 19.3. The van der Waals surface area contributed by atoms with Gasteiger partial charge in [0, 0.05) is 12.7 Å². The first-order chi connectivity index (χ1) is 13.0. The van der Waals surface area contributed by atoms with Crippen molar-refractivity contribution in [2.24, 2.45) is 0 Å². The molecule has 0 aliphatic heterocycles. The van der Waals surface area contributed by atoms with Crippen LogP contribution in [0.5, 0.6) is 0 Å². The van der Waals surface area contributed by atoms with E-state index in [2.05, 4.69) is 50.5 Å². The summed E-state index contributed by atoms with van der Waals surface area (Å²) in [5.74, 6) is -0.234. The Kier molecular flexibility index (Phi) is 5.68. The smallest absolute Gasteiger partial charge is 0.257 e. The summed E-state index contributed by atoms with van der Waals surface area (Å²) in [6.07, 6.45) is 0. The molecule has 4 rings (SSSR count). The summed E-state index contributed by atoms with van der Waals surface area (Å²) in [7, 11) is 0. The summed E-state index contributed by atoms with van der Waals surface area (Å²) in [6.45, 7) is 0. The van der Waals surface area contributed by atoms with Crippen molar-refractivity contribution < 1.29 is 4.79 Å². The van der Waals surface area contributed by atoms with Crippen molar-refractivity contribution in [2.75, 3.05) is 5.32 Å². The molecule has 27 heavy (non-hydrogen) atoms. The first-order valence-corrected chi connectivity index (χ1v) is 11.3. The number of thiazole rings is 1. The number of rotatable bonds is 3. The van der Waals surface area contributed by atoms with Crippen molar-refractivity contribution >= 4 is 89.9 Å². The lowest BCUT2D eigenvalue weighted by Gasteiger charge is -2.11. The minimum Gasteiger partial charge on any atom is -0.321 e. The monoisotopic (exact) mass is 616 g/mol. The summed E-state index contributed by atoms with van der Waals surface area (Å²) < 4.78 is 3.15. The highest BCUT2D eigenvalue weighted by atomic mass is 127. The molecular formula is C20H11ClI2N2OS. The van der Waals surface area contributed by atoms with Crippen LogP contribution in [0.1, 0.15) is 10.4 Å².